The molecule has 2 aromatic heterocycles. The van der Waals surface area contributed by atoms with Gasteiger partial charge < -0.3 is 14.2 Å². The fraction of sp³-hybridized carbons (Fsp3) is 0.385. The largest absolute Gasteiger partial charge is 0.476 e. The number of aromatic carboxylic acids is 1. The third-order valence-electron chi connectivity index (χ3n) is 3.00. The minimum Gasteiger partial charge on any atom is -0.476 e. The summed E-state index contributed by atoms with van der Waals surface area (Å²) in [6.07, 6.45) is 0. The highest BCUT2D eigenvalue weighted by Crippen LogP contribution is 2.29. The Balaban J connectivity index is 2.51. The number of rotatable bonds is 3. The number of carboxylic acid groups (broad SMARTS) is 1. The third-order valence-corrected chi connectivity index (χ3v) is 3.00. The molecule has 5 heteroatoms. The van der Waals surface area contributed by atoms with Crippen LogP contribution in [0.2, 0.25) is 0 Å². The summed E-state index contributed by atoms with van der Waals surface area (Å²) in [4.78, 5) is 10.8. The smallest absolute Gasteiger partial charge is 0.358 e. The molecule has 2 heterocycles. The SMILES string of the molecule is Cc1cc(-c2cc(C(=O)O)no2)c(C)n1C(C)C. The van der Waals surface area contributed by atoms with Gasteiger partial charge in [0.15, 0.2) is 11.5 Å². The number of nitrogens with zero attached hydrogens (tertiary/aromatic N) is 2. The minimum absolute atomic E-state index is 0.0700. The van der Waals surface area contributed by atoms with Crippen LogP contribution in [0.25, 0.3) is 11.3 Å². The van der Waals surface area contributed by atoms with Crippen molar-refractivity contribution < 1.29 is 14.4 Å². The summed E-state index contributed by atoms with van der Waals surface area (Å²) in [6.45, 7) is 8.22. The number of hydrogen-bond donors (Lipinski definition) is 1. The van der Waals surface area contributed by atoms with Crippen molar-refractivity contribution in [2.24, 2.45) is 0 Å². The fourth-order valence-electron chi connectivity index (χ4n) is 2.32. The molecule has 0 aliphatic rings. The molecule has 0 aliphatic heterocycles. The van der Waals surface area contributed by atoms with Gasteiger partial charge in [0, 0.05) is 29.1 Å². The summed E-state index contributed by atoms with van der Waals surface area (Å²) < 4.78 is 7.28. The van der Waals surface area contributed by atoms with E-state index < -0.39 is 5.97 Å². The number of aromatic nitrogens is 2. The van der Waals surface area contributed by atoms with E-state index in [1.165, 1.54) is 6.07 Å². The highest BCUT2D eigenvalue weighted by molar-refractivity contribution is 5.86. The van der Waals surface area contributed by atoms with Gasteiger partial charge in [-0.15, -0.1) is 0 Å². The van der Waals surface area contributed by atoms with E-state index in [-0.39, 0.29) is 5.69 Å². The lowest BCUT2D eigenvalue weighted by Gasteiger charge is -2.13. The van der Waals surface area contributed by atoms with Gasteiger partial charge in [-0.1, -0.05) is 5.16 Å². The second-order valence-electron chi connectivity index (χ2n) is 4.63. The van der Waals surface area contributed by atoms with Crippen LogP contribution in [0.5, 0.6) is 0 Å². The summed E-state index contributed by atoms with van der Waals surface area (Å²) in [5.74, 6) is -0.588. The molecule has 1 N–H and O–H groups in total. The quantitative estimate of drug-likeness (QED) is 0.906. The van der Waals surface area contributed by atoms with Gasteiger partial charge in [-0.2, -0.15) is 0 Å². The zero-order valence-corrected chi connectivity index (χ0v) is 10.9. The van der Waals surface area contributed by atoms with Crippen molar-refractivity contribution in [2.75, 3.05) is 0 Å². The molecule has 2 aromatic rings. The van der Waals surface area contributed by atoms with Gasteiger partial charge in [0.25, 0.3) is 0 Å². The average molecular weight is 248 g/mol. The lowest BCUT2D eigenvalue weighted by Crippen LogP contribution is -2.04. The third kappa shape index (κ3) is 1.92. The van der Waals surface area contributed by atoms with Crippen LogP contribution in [-0.4, -0.2) is 20.8 Å². The molecule has 0 spiro atoms. The predicted molar refractivity (Wildman–Crippen MR) is 66.7 cm³/mol. The van der Waals surface area contributed by atoms with Crippen LogP contribution in [0.1, 0.15) is 41.8 Å². The first-order valence-electron chi connectivity index (χ1n) is 5.80. The number of aryl methyl sites for hydroxylation is 1. The van der Waals surface area contributed by atoms with Crippen LogP contribution in [0, 0.1) is 13.8 Å². The zero-order valence-electron chi connectivity index (χ0n) is 10.9. The van der Waals surface area contributed by atoms with E-state index in [1.807, 2.05) is 19.9 Å². The van der Waals surface area contributed by atoms with Gasteiger partial charge in [0.2, 0.25) is 0 Å². The summed E-state index contributed by atoms with van der Waals surface area (Å²) in [5.41, 5.74) is 2.99. The fourth-order valence-corrected chi connectivity index (χ4v) is 2.32. The standard InChI is InChI=1S/C13H16N2O3/c1-7(2)15-8(3)5-10(9(15)4)12-6-11(13(16)17)14-18-12/h5-7H,1-4H3,(H,16,17). The maximum atomic E-state index is 10.8. The van der Waals surface area contributed by atoms with Crippen molar-refractivity contribution in [3.63, 3.8) is 0 Å². The Kier molecular flexibility index (Phi) is 2.98. The molecule has 0 atom stereocenters. The molecule has 0 bridgehead atoms. The molecule has 0 aliphatic carbocycles. The van der Waals surface area contributed by atoms with Crippen LogP contribution >= 0.6 is 0 Å². The summed E-state index contributed by atoms with van der Waals surface area (Å²) in [6, 6.07) is 3.79. The monoisotopic (exact) mass is 248 g/mol. The first-order valence-corrected chi connectivity index (χ1v) is 5.80. The van der Waals surface area contributed by atoms with Gasteiger partial charge in [0.1, 0.15) is 0 Å². The van der Waals surface area contributed by atoms with Crippen molar-refractivity contribution in [1.29, 1.82) is 0 Å². The Morgan fingerprint density at radius 2 is 2.06 bits per heavy atom. The van der Waals surface area contributed by atoms with Crippen molar-refractivity contribution in [1.82, 2.24) is 9.72 Å². The van der Waals surface area contributed by atoms with Crippen molar-refractivity contribution in [3.05, 3.63) is 29.2 Å². The first kappa shape index (κ1) is 12.4. The van der Waals surface area contributed by atoms with E-state index in [0.717, 1.165) is 17.0 Å². The number of hydrogen-bond acceptors (Lipinski definition) is 3. The van der Waals surface area contributed by atoms with Crippen LogP contribution in [0.15, 0.2) is 16.7 Å². The van der Waals surface area contributed by atoms with E-state index in [1.54, 1.807) is 0 Å². The van der Waals surface area contributed by atoms with Crippen LogP contribution in [-0.2, 0) is 0 Å². The lowest BCUT2D eigenvalue weighted by molar-refractivity contribution is 0.0686. The topological polar surface area (TPSA) is 68.3 Å². The normalized spacial score (nSPS) is 11.2. The maximum Gasteiger partial charge on any atom is 0.358 e. The second kappa shape index (κ2) is 4.33. The van der Waals surface area contributed by atoms with Gasteiger partial charge in [0.05, 0.1) is 0 Å². The first-order chi connectivity index (χ1) is 8.41. The Hall–Kier alpha value is -2.04. The number of carbonyl (C=O) groups is 1. The van der Waals surface area contributed by atoms with Crippen molar-refractivity contribution in [2.45, 2.75) is 33.7 Å². The summed E-state index contributed by atoms with van der Waals surface area (Å²) in [7, 11) is 0. The van der Waals surface area contributed by atoms with Crippen LogP contribution in [0.3, 0.4) is 0 Å². The predicted octanol–water partition coefficient (Wildman–Crippen LogP) is 3.04. The molecule has 0 saturated carbocycles. The van der Waals surface area contributed by atoms with Gasteiger partial charge in [-0.25, -0.2) is 4.79 Å². The zero-order chi connectivity index (χ0) is 13.4. The molecule has 0 saturated heterocycles. The van der Waals surface area contributed by atoms with Crippen LogP contribution in [0.4, 0.5) is 0 Å². The average Bonchev–Trinajstić information content (AvgIpc) is 2.83. The molecule has 0 fully saturated rings. The van der Waals surface area contributed by atoms with E-state index in [9.17, 15) is 4.79 Å². The molecule has 0 aromatic carbocycles. The number of carboxylic acids is 1. The Bertz CT molecular complexity index is 593. The maximum absolute atomic E-state index is 10.8. The summed E-state index contributed by atoms with van der Waals surface area (Å²) in [5, 5.41) is 12.4. The molecule has 2 rings (SSSR count). The van der Waals surface area contributed by atoms with Gasteiger partial charge in [-0.05, 0) is 33.8 Å². The van der Waals surface area contributed by atoms with Gasteiger partial charge >= 0.3 is 5.97 Å². The van der Waals surface area contributed by atoms with Crippen molar-refractivity contribution in [3.8, 4) is 11.3 Å². The Morgan fingerprint density at radius 1 is 1.39 bits per heavy atom. The molecule has 18 heavy (non-hydrogen) atoms. The van der Waals surface area contributed by atoms with E-state index in [4.69, 9.17) is 9.63 Å². The molecule has 5 nitrogen and oxygen atoms in total. The molecule has 0 radical (unpaired) electrons. The van der Waals surface area contributed by atoms with E-state index in [2.05, 4.69) is 23.6 Å². The highest BCUT2D eigenvalue weighted by Gasteiger charge is 2.18. The van der Waals surface area contributed by atoms with E-state index >= 15 is 0 Å². The lowest BCUT2D eigenvalue weighted by atomic mass is 10.2. The molecular weight excluding hydrogens is 232 g/mol. The van der Waals surface area contributed by atoms with Gasteiger partial charge in [-0.3, -0.25) is 0 Å². The molecule has 0 unspecified atom stereocenters. The van der Waals surface area contributed by atoms with Crippen LogP contribution < -0.4 is 0 Å². The Morgan fingerprint density at radius 3 is 2.50 bits per heavy atom. The molecule has 0 amide bonds. The Labute approximate surface area is 105 Å². The molecule has 96 valence electrons. The molecular formula is C13H16N2O3. The minimum atomic E-state index is -1.08. The van der Waals surface area contributed by atoms with Crippen molar-refractivity contribution >= 4 is 5.97 Å². The second-order valence-corrected chi connectivity index (χ2v) is 4.63. The van der Waals surface area contributed by atoms with E-state index in [0.29, 0.717) is 11.8 Å². The highest BCUT2D eigenvalue weighted by atomic mass is 16.5. The summed E-state index contributed by atoms with van der Waals surface area (Å²) >= 11 is 0.